The molecule has 0 bridgehead atoms. The fourth-order valence-electron chi connectivity index (χ4n) is 3.62. The van der Waals surface area contributed by atoms with E-state index in [0.717, 1.165) is 16.8 Å². The van der Waals surface area contributed by atoms with E-state index in [4.69, 9.17) is 0 Å². The van der Waals surface area contributed by atoms with E-state index in [9.17, 15) is 14.7 Å². The number of carbonyl (C=O) groups is 2. The molecule has 6 nitrogen and oxygen atoms in total. The molecule has 0 spiro atoms. The maximum absolute atomic E-state index is 13.6. The van der Waals surface area contributed by atoms with Crippen LogP contribution in [0.5, 0.6) is 0 Å². The highest BCUT2D eigenvalue weighted by molar-refractivity contribution is 5.91. The first-order chi connectivity index (χ1) is 13.1. The molecule has 1 aliphatic rings. The largest absolute Gasteiger partial charge is 0.480 e. The van der Waals surface area contributed by atoms with E-state index in [1.807, 2.05) is 60.7 Å². The van der Waals surface area contributed by atoms with Crippen LogP contribution in [0.15, 0.2) is 67.0 Å². The predicted octanol–water partition coefficient (Wildman–Crippen LogP) is 2.58. The summed E-state index contributed by atoms with van der Waals surface area (Å²) in [6, 6.07) is 18.0. The summed E-state index contributed by atoms with van der Waals surface area (Å²) in [5, 5.41) is 9.71. The molecule has 4 rings (SSSR count). The number of imidazole rings is 1. The molecule has 0 radical (unpaired) electrons. The molecule has 2 heterocycles. The predicted molar refractivity (Wildman–Crippen MR) is 99.0 cm³/mol. The van der Waals surface area contributed by atoms with E-state index in [-0.39, 0.29) is 18.9 Å². The summed E-state index contributed by atoms with van der Waals surface area (Å²) in [4.78, 5) is 34.1. The molecule has 0 fully saturated rings. The summed E-state index contributed by atoms with van der Waals surface area (Å²) < 4.78 is 0. The van der Waals surface area contributed by atoms with Gasteiger partial charge in [-0.05, 0) is 11.1 Å². The Morgan fingerprint density at radius 2 is 1.63 bits per heavy atom. The van der Waals surface area contributed by atoms with Gasteiger partial charge in [-0.2, -0.15) is 0 Å². The summed E-state index contributed by atoms with van der Waals surface area (Å²) in [6.45, 7) is 0.210. The monoisotopic (exact) mass is 361 g/mol. The van der Waals surface area contributed by atoms with Crippen LogP contribution in [0.3, 0.4) is 0 Å². The lowest BCUT2D eigenvalue weighted by molar-refractivity contribution is -0.151. The van der Waals surface area contributed by atoms with E-state index in [1.165, 1.54) is 4.90 Å². The number of hydrogen-bond acceptors (Lipinski definition) is 3. The molecular weight excluding hydrogens is 342 g/mol. The molecule has 0 saturated heterocycles. The topological polar surface area (TPSA) is 86.3 Å². The number of carboxylic acid groups (broad SMARTS) is 1. The number of H-pyrrole nitrogens is 1. The third-order valence-corrected chi connectivity index (χ3v) is 4.98. The molecule has 1 aliphatic heterocycles. The standard InChI is InChI=1S/C21H19N3O3/c25-20(24-12-17-16(22-13-23-17)11-18(24)21(26)27)19(14-7-3-1-4-8-14)15-9-5-2-6-10-15/h1-10,13,18-19H,11-12H2,(H,22,23)(H,26,27)/t18-/m0/s1. The molecule has 3 aromatic rings. The number of fused-ring (bicyclic) bond motifs is 1. The first kappa shape index (κ1) is 17.0. The van der Waals surface area contributed by atoms with Gasteiger partial charge < -0.3 is 15.0 Å². The Hall–Kier alpha value is -3.41. The van der Waals surface area contributed by atoms with Crippen LogP contribution in [-0.2, 0) is 22.6 Å². The molecule has 2 N–H and O–H groups in total. The van der Waals surface area contributed by atoms with Gasteiger partial charge in [0.25, 0.3) is 0 Å². The van der Waals surface area contributed by atoms with Gasteiger partial charge in [0, 0.05) is 6.42 Å². The first-order valence-electron chi connectivity index (χ1n) is 8.79. The number of carbonyl (C=O) groups excluding carboxylic acids is 1. The number of amides is 1. The second-order valence-electron chi connectivity index (χ2n) is 6.61. The van der Waals surface area contributed by atoms with E-state index < -0.39 is 17.9 Å². The highest BCUT2D eigenvalue weighted by Gasteiger charge is 2.39. The van der Waals surface area contributed by atoms with E-state index in [2.05, 4.69) is 9.97 Å². The summed E-state index contributed by atoms with van der Waals surface area (Å²) in [5.74, 6) is -1.80. The average molecular weight is 361 g/mol. The molecule has 1 aromatic heterocycles. The van der Waals surface area contributed by atoms with Crippen molar-refractivity contribution in [3.05, 3.63) is 89.5 Å². The molecule has 2 aromatic carbocycles. The van der Waals surface area contributed by atoms with Crippen LogP contribution in [0, 0.1) is 0 Å². The van der Waals surface area contributed by atoms with Crippen molar-refractivity contribution in [2.45, 2.75) is 24.9 Å². The number of aromatic amines is 1. The van der Waals surface area contributed by atoms with Gasteiger partial charge in [0.1, 0.15) is 6.04 Å². The van der Waals surface area contributed by atoms with Crippen molar-refractivity contribution in [3.8, 4) is 0 Å². The normalized spacial score (nSPS) is 16.2. The van der Waals surface area contributed by atoms with Gasteiger partial charge >= 0.3 is 5.97 Å². The van der Waals surface area contributed by atoms with Crippen molar-refractivity contribution >= 4 is 11.9 Å². The fraction of sp³-hybridized carbons (Fsp3) is 0.190. The van der Waals surface area contributed by atoms with E-state index in [1.54, 1.807) is 6.33 Å². The Morgan fingerprint density at radius 3 is 2.19 bits per heavy atom. The molecule has 136 valence electrons. The second-order valence-corrected chi connectivity index (χ2v) is 6.61. The first-order valence-corrected chi connectivity index (χ1v) is 8.79. The van der Waals surface area contributed by atoms with Crippen molar-refractivity contribution in [3.63, 3.8) is 0 Å². The number of carboxylic acids is 1. The van der Waals surface area contributed by atoms with Gasteiger partial charge in [0.05, 0.1) is 30.2 Å². The second kappa shape index (κ2) is 7.07. The highest BCUT2D eigenvalue weighted by atomic mass is 16.4. The van der Waals surface area contributed by atoms with Gasteiger partial charge in [-0.3, -0.25) is 4.79 Å². The smallest absolute Gasteiger partial charge is 0.326 e. The zero-order valence-corrected chi connectivity index (χ0v) is 14.6. The zero-order chi connectivity index (χ0) is 18.8. The van der Waals surface area contributed by atoms with Crippen molar-refractivity contribution in [1.29, 1.82) is 0 Å². The molecule has 6 heteroatoms. The fourth-order valence-corrected chi connectivity index (χ4v) is 3.62. The number of rotatable bonds is 4. The third-order valence-electron chi connectivity index (χ3n) is 4.98. The summed E-state index contributed by atoms with van der Waals surface area (Å²) in [5.41, 5.74) is 3.18. The number of benzene rings is 2. The Labute approximate surface area is 156 Å². The Kier molecular flexibility index (Phi) is 4.46. The van der Waals surface area contributed by atoms with Crippen LogP contribution in [0.25, 0.3) is 0 Å². The minimum atomic E-state index is -1.02. The maximum atomic E-state index is 13.6. The average Bonchev–Trinajstić information content (AvgIpc) is 3.16. The van der Waals surface area contributed by atoms with Gasteiger partial charge in [0.15, 0.2) is 0 Å². The SMILES string of the molecule is O=C(O)[C@@H]1Cc2nc[nH]c2CN1C(=O)C(c1ccccc1)c1ccccc1. The molecule has 27 heavy (non-hydrogen) atoms. The minimum absolute atomic E-state index is 0.205. The van der Waals surface area contributed by atoms with Crippen LogP contribution in [-0.4, -0.2) is 37.9 Å². The number of aliphatic carboxylic acids is 1. The van der Waals surface area contributed by atoms with E-state index in [0.29, 0.717) is 5.69 Å². The minimum Gasteiger partial charge on any atom is -0.480 e. The lowest BCUT2D eigenvalue weighted by Gasteiger charge is -2.35. The van der Waals surface area contributed by atoms with Gasteiger partial charge in [-0.1, -0.05) is 60.7 Å². The van der Waals surface area contributed by atoms with Crippen LogP contribution in [0.2, 0.25) is 0 Å². The van der Waals surface area contributed by atoms with Gasteiger partial charge in [0.2, 0.25) is 5.91 Å². The summed E-state index contributed by atoms with van der Waals surface area (Å²) in [7, 11) is 0. The molecule has 0 aliphatic carbocycles. The Balaban J connectivity index is 1.76. The molecular formula is C21H19N3O3. The highest BCUT2D eigenvalue weighted by Crippen LogP contribution is 2.31. The molecule has 1 amide bonds. The van der Waals surface area contributed by atoms with Crippen LogP contribution in [0.4, 0.5) is 0 Å². The third kappa shape index (κ3) is 3.21. The Morgan fingerprint density at radius 1 is 1.04 bits per heavy atom. The summed E-state index contributed by atoms with van der Waals surface area (Å²) >= 11 is 0. The van der Waals surface area contributed by atoms with Gasteiger partial charge in [-0.25, -0.2) is 9.78 Å². The number of nitrogens with one attached hydrogen (secondary N) is 1. The number of hydrogen-bond donors (Lipinski definition) is 2. The molecule has 0 unspecified atom stereocenters. The van der Waals surface area contributed by atoms with Crippen LogP contribution in [0.1, 0.15) is 28.4 Å². The molecule has 0 saturated carbocycles. The van der Waals surface area contributed by atoms with Crippen molar-refractivity contribution in [2.24, 2.45) is 0 Å². The summed E-state index contributed by atoms with van der Waals surface area (Å²) in [6.07, 6.45) is 1.75. The van der Waals surface area contributed by atoms with Crippen molar-refractivity contribution in [1.82, 2.24) is 14.9 Å². The quantitative estimate of drug-likeness (QED) is 0.748. The van der Waals surface area contributed by atoms with Gasteiger partial charge in [-0.15, -0.1) is 0 Å². The van der Waals surface area contributed by atoms with E-state index >= 15 is 0 Å². The zero-order valence-electron chi connectivity index (χ0n) is 14.6. The lowest BCUT2D eigenvalue weighted by Crippen LogP contribution is -2.50. The maximum Gasteiger partial charge on any atom is 0.326 e. The number of aromatic nitrogens is 2. The van der Waals surface area contributed by atoms with Crippen molar-refractivity contribution in [2.75, 3.05) is 0 Å². The Bertz CT molecular complexity index is 914. The number of nitrogens with zero attached hydrogens (tertiary/aromatic N) is 2. The van der Waals surface area contributed by atoms with Crippen LogP contribution < -0.4 is 0 Å². The van der Waals surface area contributed by atoms with Crippen LogP contribution >= 0.6 is 0 Å². The lowest BCUT2D eigenvalue weighted by atomic mass is 9.88. The van der Waals surface area contributed by atoms with Crippen molar-refractivity contribution < 1.29 is 14.7 Å². The molecule has 1 atom stereocenters.